The number of carbonyl (C=O) groups is 2. The van der Waals surface area contributed by atoms with Crippen LogP contribution in [0.1, 0.15) is 30.5 Å². The third kappa shape index (κ3) is 3.99. The molecule has 1 aliphatic heterocycles. The Morgan fingerprint density at radius 3 is 2.58 bits per heavy atom. The van der Waals surface area contributed by atoms with Crippen LogP contribution in [0.4, 0.5) is 4.79 Å². The highest BCUT2D eigenvalue weighted by Crippen LogP contribution is 2.35. The average molecular weight is 367 g/mol. The van der Waals surface area contributed by atoms with Gasteiger partial charge in [0.15, 0.2) is 0 Å². The maximum atomic E-state index is 12.5. The van der Waals surface area contributed by atoms with Crippen molar-refractivity contribution in [3.8, 4) is 5.75 Å². The summed E-state index contributed by atoms with van der Waals surface area (Å²) >= 11 is 0.973. The van der Waals surface area contributed by atoms with Crippen LogP contribution < -0.4 is 4.74 Å². The van der Waals surface area contributed by atoms with Crippen LogP contribution in [0.15, 0.2) is 53.4 Å². The lowest BCUT2D eigenvalue weighted by Crippen LogP contribution is -2.34. The van der Waals surface area contributed by atoms with Crippen molar-refractivity contribution in [1.29, 1.82) is 0 Å². The first-order chi connectivity index (χ1) is 12.5. The smallest absolute Gasteiger partial charge is 0.293 e. The van der Waals surface area contributed by atoms with Gasteiger partial charge in [0.2, 0.25) is 0 Å². The molecule has 2 aromatic rings. The zero-order valence-corrected chi connectivity index (χ0v) is 15.9. The highest BCUT2D eigenvalue weighted by molar-refractivity contribution is 8.18. The minimum atomic E-state index is -0.247. The lowest BCUT2D eigenvalue weighted by atomic mass is 10.1. The number of imide groups is 1. The first-order valence-electron chi connectivity index (χ1n) is 8.50. The fraction of sp³-hybridized carbons (Fsp3) is 0.238. The Morgan fingerprint density at radius 2 is 1.88 bits per heavy atom. The number of ether oxygens (including phenoxy) is 1. The largest absolute Gasteiger partial charge is 0.488 e. The van der Waals surface area contributed by atoms with E-state index in [1.54, 1.807) is 6.08 Å². The van der Waals surface area contributed by atoms with Gasteiger partial charge in [0.1, 0.15) is 12.4 Å². The number of hydrogen-bond donors (Lipinski definition) is 0. The number of nitrogens with zero attached hydrogens (tertiary/aromatic N) is 1. The second kappa shape index (κ2) is 7.79. The van der Waals surface area contributed by atoms with Crippen molar-refractivity contribution in [2.45, 2.75) is 33.4 Å². The van der Waals surface area contributed by atoms with Crippen molar-refractivity contribution in [2.75, 3.05) is 0 Å². The molecule has 0 aliphatic carbocycles. The fourth-order valence-corrected chi connectivity index (χ4v) is 3.71. The van der Waals surface area contributed by atoms with Crippen LogP contribution in [-0.4, -0.2) is 22.1 Å². The number of rotatable bonds is 5. The predicted octanol–water partition coefficient (Wildman–Crippen LogP) is 5.02. The number of hydrogen-bond acceptors (Lipinski definition) is 4. The quantitative estimate of drug-likeness (QED) is 0.696. The number of carbonyl (C=O) groups excluding carboxylic acids is 2. The van der Waals surface area contributed by atoms with Gasteiger partial charge in [-0.25, -0.2) is 0 Å². The molecule has 0 spiro atoms. The summed E-state index contributed by atoms with van der Waals surface area (Å²) in [6, 6.07) is 15.5. The lowest BCUT2D eigenvalue weighted by Gasteiger charge is -2.16. The molecule has 0 unspecified atom stereocenters. The number of amides is 2. The van der Waals surface area contributed by atoms with Gasteiger partial charge < -0.3 is 4.74 Å². The topological polar surface area (TPSA) is 46.6 Å². The highest BCUT2D eigenvalue weighted by Gasteiger charge is 2.36. The maximum Gasteiger partial charge on any atom is 0.293 e. The second-order valence-corrected chi connectivity index (χ2v) is 7.45. The van der Waals surface area contributed by atoms with Crippen LogP contribution in [0.3, 0.4) is 0 Å². The highest BCUT2D eigenvalue weighted by atomic mass is 32.2. The molecule has 0 atom stereocenters. The monoisotopic (exact) mass is 367 g/mol. The molecule has 5 heteroatoms. The van der Waals surface area contributed by atoms with Crippen molar-refractivity contribution in [3.63, 3.8) is 0 Å². The second-order valence-electron chi connectivity index (χ2n) is 6.46. The lowest BCUT2D eigenvalue weighted by molar-refractivity contribution is -0.123. The van der Waals surface area contributed by atoms with Crippen LogP contribution in [0.25, 0.3) is 6.08 Å². The average Bonchev–Trinajstić information content (AvgIpc) is 2.88. The molecule has 1 heterocycles. The Labute approximate surface area is 157 Å². The number of aryl methyl sites for hydroxylation is 1. The standard InChI is InChI=1S/C21H21NO3S/c1-14(2)22-20(23)19(26-21(22)24)12-17-9-4-5-10-18(17)25-13-16-8-6-7-15(3)11-16/h4-12,14H,13H2,1-3H3/b19-12+. The van der Waals surface area contributed by atoms with E-state index in [1.165, 1.54) is 10.5 Å². The van der Waals surface area contributed by atoms with Crippen molar-refractivity contribution < 1.29 is 14.3 Å². The Morgan fingerprint density at radius 1 is 1.12 bits per heavy atom. The molecule has 134 valence electrons. The number of para-hydroxylation sites is 1. The molecular formula is C21H21NO3S. The van der Waals surface area contributed by atoms with Gasteiger partial charge in [0, 0.05) is 11.6 Å². The van der Waals surface area contributed by atoms with Crippen molar-refractivity contribution >= 4 is 29.0 Å². The van der Waals surface area contributed by atoms with E-state index >= 15 is 0 Å². The van der Waals surface area contributed by atoms with E-state index in [1.807, 2.05) is 63.2 Å². The number of thioether (sulfide) groups is 1. The summed E-state index contributed by atoms with van der Waals surface area (Å²) in [5.74, 6) is 0.439. The summed E-state index contributed by atoms with van der Waals surface area (Å²) in [5.41, 5.74) is 3.05. The maximum absolute atomic E-state index is 12.5. The molecule has 26 heavy (non-hydrogen) atoms. The van der Waals surface area contributed by atoms with Gasteiger partial charge in [-0.15, -0.1) is 0 Å². The third-order valence-electron chi connectivity index (χ3n) is 4.02. The van der Waals surface area contributed by atoms with E-state index in [0.29, 0.717) is 17.3 Å². The van der Waals surface area contributed by atoms with E-state index in [9.17, 15) is 9.59 Å². The summed E-state index contributed by atoms with van der Waals surface area (Å²) in [6.07, 6.45) is 1.73. The Hall–Kier alpha value is -2.53. The Bertz CT molecular complexity index is 873. The van der Waals surface area contributed by atoms with Gasteiger partial charge in [-0.1, -0.05) is 48.0 Å². The molecule has 3 rings (SSSR count). The normalized spacial score (nSPS) is 16.0. The molecule has 0 aromatic heterocycles. The molecule has 2 aromatic carbocycles. The van der Waals surface area contributed by atoms with Gasteiger partial charge in [0.05, 0.1) is 4.91 Å². The van der Waals surface area contributed by atoms with Crippen LogP contribution in [0, 0.1) is 6.92 Å². The zero-order chi connectivity index (χ0) is 18.7. The SMILES string of the molecule is Cc1cccc(COc2ccccc2/C=C2/SC(=O)N(C(C)C)C2=O)c1. The summed E-state index contributed by atoms with van der Waals surface area (Å²) in [4.78, 5) is 26.2. The van der Waals surface area contributed by atoms with Crippen LogP contribution in [-0.2, 0) is 11.4 Å². The van der Waals surface area contributed by atoms with E-state index in [-0.39, 0.29) is 17.2 Å². The minimum absolute atomic E-state index is 0.152. The van der Waals surface area contributed by atoms with Crippen LogP contribution in [0.2, 0.25) is 0 Å². The van der Waals surface area contributed by atoms with Crippen LogP contribution in [0.5, 0.6) is 5.75 Å². The molecule has 2 amide bonds. The van der Waals surface area contributed by atoms with Gasteiger partial charge in [-0.3, -0.25) is 14.5 Å². The molecule has 0 N–H and O–H groups in total. The Balaban J connectivity index is 1.81. The van der Waals surface area contributed by atoms with Crippen molar-refractivity contribution in [3.05, 3.63) is 70.1 Å². The number of benzene rings is 2. The summed E-state index contributed by atoms with van der Waals surface area (Å²) in [5, 5.41) is -0.227. The van der Waals surface area contributed by atoms with Crippen molar-refractivity contribution in [1.82, 2.24) is 4.90 Å². The van der Waals surface area contributed by atoms with E-state index in [2.05, 4.69) is 6.07 Å². The molecule has 1 saturated heterocycles. The summed E-state index contributed by atoms with van der Waals surface area (Å²) in [7, 11) is 0. The first kappa shape index (κ1) is 18.3. The summed E-state index contributed by atoms with van der Waals surface area (Å²) in [6.45, 7) is 6.15. The third-order valence-corrected chi connectivity index (χ3v) is 4.91. The zero-order valence-electron chi connectivity index (χ0n) is 15.1. The van der Waals surface area contributed by atoms with E-state index in [4.69, 9.17) is 4.74 Å². The molecule has 0 saturated carbocycles. The molecule has 0 radical (unpaired) electrons. The van der Waals surface area contributed by atoms with Gasteiger partial charge >= 0.3 is 0 Å². The van der Waals surface area contributed by atoms with Crippen LogP contribution >= 0.6 is 11.8 Å². The minimum Gasteiger partial charge on any atom is -0.488 e. The summed E-state index contributed by atoms with van der Waals surface area (Å²) < 4.78 is 5.96. The first-order valence-corrected chi connectivity index (χ1v) is 9.32. The molecular weight excluding hydrogens is 346 g/mol. The fourth-order valence-electron chi connectivity index (χ4n) is 2.76. The van der Waals surface area contributed by atoms with Gasteiger partial charge in [-0.05, 0) is 50.2 Å². The van der Waals surface area contributed by atoms with Crippen molar-refractivity contribution in [2.24, 2.45) is 0 Å². The molecule has 1 fully saturated rings. The predicted molar refractivity (Wildman–Crippen MR) is 105 cm³/mol. The van der Waals surface area contributed by atoms with E-state index < -0.39 is 0 Å². The van der Waals surface area contributed by atoms with E-state index in [0.717, 1.165) is 22.9 Å². The van der Waals surface area contributed by atoms with Gasteiger partial charge in [-0.2, -0.15) is 0 Å². The molecule has 4 nitrogen and oxygen atoms in total. The van der Waals surface area contributed by atoms with Gasteiger partial charge in [0.25, 0.3) is 11.1 Å². The Kier molecular flexibility index (Phi) is 5.47. The molecule has 1 aliphatic rings. The molecule has 0 bridgehead atoms.